The molecule has 2 saturated heterocycles. The maximum Gasteiger partial charge on any atom is 0.0113 e. The highest BCUT2D eigenvalue weighted by atomic mass is 15.3. The van der Waals surface area contributed by atoms with Crippen LogP contribution in [0.4, 0.5) is 0 Å². The SMILES string of the molecule is CCC1(CN2CCN(C(C)C)CC2)CCN(CC2(CC(C)C)CC2)CC1. The second-order valence-electron chi connectivity index (χ2n) is 10.6. The van der Waals surface area contributed by atoms with Gasteiger partial charge in [-0.05, 0) is 82.2 Å². The molecule has 3 fully saturated rings. The highest BCUT2D eigenvalue weighted by Crippen LogP contribution is 2.51. The summed E-state index contributed by atoms with van der Waals surface area (Å²) in [5, 5.41) is 0. The van der Waals surface area contributed by atoms with E-state index in [1.807, 2.05) is 0 Å². The van der Waals surface area contributed by atoms with Crippen molar-refractivity contribution >= 4 is 0 Å². The third-order valence-corrected chi connectivity index (χ3v) is 7.72. The summed E-state index contributed by atoms with van der Waals surface area (Å²) < 4.78 is 0. The van der Waals surface area contributed by atoms with Crippen molar-refractivity contribution < 1.29 is 0 Å². The van der Waals surface area contributed by atoms with Crippen LogP contribution in [0.15, 0.2) is 0 Å². The van der Waals surface area contributed by atoms with Crippen LogP contribution in [0, 0.1) is 16.7 Å². The first-order valence-corrected chi connectivity index (χ1v) is 11.5. The normalized spacial score (nSPS) is 27.3. The molecule has 0 aromatic carbocycles. The third-order valence-electron chi connectivity index (χ3n) is 7.72. The maximum absolute atomic E-state index is 2.82. The summed E-state index contributed by atoms with van der Waals surface area (Å²) in [5.41, 5.74) is 1.29. The predicted molar refractivity (Wildman–Crippen MR) is 113 cm³/mol. The van der Waals surface area contributed by atoms with Crippen molar-refractivity contribution in [3.8, 4) is 0 Å². The quantitative estimate of drug-likeness (QED) is 0.635. The van der Waals surface area contributed by atoms with E-state index in [9.17, 15) is 0 Å². The van der Waals surface area contributed by atoms with Gasteiger partial charge in [0.05, 0.1) is 0 Å². The number of hydrogen-bond donors (Lipinski definition) is 0. The summed E-state index contributed by atoms with van der Waals surface area (Å²) in [6.07, 6.45) is 8.63. The van der Waals surface area contributed by atoms with Crippen molar-refractivity contribution in [3.63, 3.8) is 0 Å². The summed E-state index contributed by atoms with van der Waals surface area (Å²) in [7, 11) is 0. The van der Waals surface area contributed by atoms with Crippen molar-refractivity contribution in [1.29, 1.82) is 0 Å². The molecule has 3 heteroatoms. The molecule has 0 N–H and O–H groups in total. The molecule has 0 radical (unpaired) electrons. The Kier molecular flexibility index (Phi) is 6.73. The number of piperazine rings is 1. The molecule has 0 bridgehead atoms. The molecule has 26 heavy (non-hydrogen) atoms. The van der Waals surface area contributed by atoms with E-state index in [1.165, 1.54) is 90.9 Å². The van der Waals surface area contributed by atoms with Crippen molar-refractivity contribution in [3.05, 3.63) is 0 Å². The van der Waals surface area contributed by atoms with Crippen LogP contribution >= 0.6 is 0 Å². The Bertz CT molecular complexity index is 425. The number of piperidine rings is 1. The van der Waals surface area contributed by atoms with Crippen molar-refractivity contribution in [2.75, 3.05) is 52.4 Å². The fourth-order valence-electron chi connectivity index (χ4n) is 5.67. The van der Waals surface area contributed by atoms with E-state index < -0.39 is 0 Å². The van der Waals surface area contributed by atoms with Crippen LogP contribution in [-0.4, -0.2) is 73.1 Å². The Morgan fingerprint density at radius 2 is 1.23 bits per heavy atom. The van der Waals surface area contributed by atoms with Crippen LogP contribution < -0.4 is 0 Å². The molecule has 1 aliphatic carbocycles. The number of likely N-dealkylation sites (tertiary alicyclic amines) is 1. The molecule has 2 heterocycles. The van der Waals surface area contributed by atoms with E-state index >= 15 is 0 Å². The Morgan fingerprint density at radius 1 is 0.692 bits per heavy atom. The van der Waals surface area contributed by atoms with E-state index in [0.717, 1.165) is 5.92 Å². The number of rotatable bonds is 8. The van der Waals surface area contributed by atoms with E-state index in [2.05, 4.69) is 49.3 Å². The average molecular weight is 364 g/mol. The van der Waals surface area contributed by atoms with E-state index in [-0.39, 0.29) is 0 Å². The predicted octanol–water partition coefficient (Wildman–Crippen LogP) is 4.33. The first-order chi connectivity index (χ1) is 12.4. The lowest BCUT2D eigenvalue weighted by atomic mass is 9.75. The zero-order valence-corrected chi connectivity index (χ0v) is 18.4. The average Bonchev–Trinajstić information content (AvgIpc) is 3.35. The molecule has 0 atom stereocenters. The van der Waals surface area contributed by atoms with Crippen molar-refractivity contribution in [2.45, 2.75) is 79.2 Å². The molecule has 0 aromatic heterocycles. The summed E-state index contributed by atoms with van der Waals surface area (Å²) in [5.74, 6) is 0.863. The monoisotopic (exact) mass is 363 g/mol. The van der Waals surface area contributed by atoms with E-state index in [1.54, 1.807) is 0 Å². The molecule has 0 amide bonds. The summed E-state index contributed by atoms with van der Waals surface area (Å²) in [4.78, 5) is 8.24. The molecule has 3 aliphatic rings. The minimum Gasteiger partial charge on any atom is -0.303 e. The van der Waals surface area contributed by atoms with Crippen molar-refractivity contribution in [2.24, 2.45) is 16.7 Å². The van der Waals surface area contributed by atoms with Crippen LogP contribution in [0.5, 0.6) is 0 Å². The highest BCUT2D eigenvalue weighted by Gasteiger charge is 2.45. The van der Waals surface area contributed by atoms with Crippen LogP contribution in [0.3, 0.4) is 0 Å². The highest BCUT2D eigenvalue weighted by molar-refractivity contribution is 4.98. The Morgan fingerprint density at radius 3 is 1.69 bits per heavy atom. The fourth-order valence-corrected chi connectivity index (χ4v) is 5.67. The van der Waals surface area contributed by atoms with Gasteiger partial charge in [0.15, 0.2) is 0 Å². The molecular weight excluding hydrogens is 318 g/mol. The van der Waals surface area contributed by atoms with Gasteiger partial charge in [-0.2, -0.15) is 0 Å². The third kappa shape index (κ3) is 5.23. The number of nitrogens with zero attached hydrogens (tertiary/aromatic N) is 3. The molecule has 152 valence electrons. The Labute approximate surface area is 163 Å². The lowest BCUT2D eigenvalue weighted by Gasteiger charge is -2.47. The van der Waals surface area contributed by atoms with E-state index in [0.29, 0.717) is 16.9 Å². The topological polar surface area (TPSA) is 9.72 Å². The summed E-state index contributed by atoms with van der Waals surface area (Å²) in [6.45, 7) is 22.4. The van der Waals surface area contributed by atoms with Gasteiger partial charge in [-0.25, -0.2) is 0 Å². The minimum atomic E-state index is 0.589. The second-order valence-corrected chi connectivity index (χ2v) is 10.6. The molecular formula is C23H45N3. The van der Waals surface area contributed by atoms with Crippen LogP contribution in [0.2, 0.25) is 0 Å². The van der Waals surface area contributed by atoms with Crippen LogP contribution in [0.25, 0.3) is 0 Å². The van der Waals surface area contributed by atoms with Gasteiger partial charge in [0.1, 0.15) is 0 Å². The second kappa shape index (κ2) is 8.49. The van der Waals surface area contributed by atoms with Gasteiger partial charge in [-0.3, -0.25) is 4.90 Å². The van der Waals surface area contributed by atoms with Crippen LogP contribution in [-0.2, 0) is 0 Å². The Balaban J connectivity index is 1.45. The lowest BCUT2D eigenvalue weighted by molar-refractivity contribution is 0.0244. The summed E-state index contributed by atoms with van der Waals surface area (Å²) >= 11 is 0. The first-order valence-electron chi connectivity index (χ1n) is 11.5. The molecule has 0 aromatic rings. The smallest absolute Gasteiger partial charge is 0.0113 e. The van der Waals surface area contributed by atoms with Gasteiger partial charge in [-0.1, -0.05) is 20.8 Å². The summed E-state index contributed by atoms with van der Waals surface area (Å²) in [6, 6.07) is 0.709. The number of hydrogen-bond acceptors (Lipinski definition) is 3. The van der Waals surface area contributed by atoms with Gasteiger partial charge in [0, 0.05) is 45.3 Å². The minimum absolute atomic E-state index is 0.589. The molecule has 1 saturated carbocycles. The molecule has 3 rings (SSSR count). The van der Waals surface area contributed by atoms with E-state index in [4.69, 9.17) is 0 Å². The zero-order valence-electron chi connectivity index (χ0n) is 18.4. The lowest BCUT2D eigenvalue weighted by Crippen LogP contribution is -2.53. The van der Waals surface area contributed by atoms with Gasteiger partial charge in [-0.15, -0.1) is 0 Å². The first kappa shape index (κ1) is 20.6. The van der Waals surface area contributed by atoms with Crippen molar-refractivity contribution in [1.82, 2.24) is 14.7 Å². The van der Waals surface area contributed by atoms with Gasteiger partial charge >= 0.3 is 0 Å². The largest absolute Gasteiger partial charge is 0.303 e. The molecule has 3 nitrogen and oxygen atoms in total. The van der Waals surface area contributed by atoms with Gasteiger partial charge in [0.2, 0.25) is 0 Å². The Hall–Kier alpha value is -0.120. The standard InChI is InChI=1S/C23H45N3/c1-6-22(18-25-13-15-26(16-14-25)21(4)5)9-11-24(12-10-22)19-23(7-8-23)17-20(2)3/h20-21H,6-19H2,1-5H3. The zero-order chi connectivity index (χ0) is 18.8. The van der Waals surface area contributed by atoms with Crippen LogP contribution in [0.1, 0.15) is 73.1 Å². The van der Waals surface area contributed by atoms with Gasteiger partial charge in [0.25, 0.3) is 0 Å². The molecule has 0 spiro atoms. The molecule has 0 unspecified atom stereocenters. The van der Waals surface area contributed by atoms with Gasteiger partial charge < -0.3 is 9.80 Å². The fraction of sp³-hybridized carbons (Fsp3) is 1.00. The maximum atomic E-state index is 2.82. The molecule has 2 aliphatic heterocycles.